The SMILES string of the molecule is NCC1CN(Cc2cc(=O)c3cccc(Cl)c3[nH]2)CCO1. The van der Waals surface area contributed by atoms with E-state index in [0.29, 0.717) is 35.6 Å². The second-order valence-electron chi connectivity index (χ2n) is 5.28. The molecule has 21 heavy (non-hydrogen) atoms. The molecule has 3 N–H and O–H groups in total. The van der Waals surface area contributed by atoms with Gasteiger partial charge in [0.15, 0.2) is 5.43 Å². The summed E-state index contributed by atoms with van der Waals surface area (Å²) < 4.78 is 5.55. The topological polar surface area (TPSA) is 71.3 Å². The predicted octanol–water partition coefficient (Wildman–Crippen LogP) is 1.34. The van der Waals surface area contributed by atoms with Crippen LogP contribution in [0.2, 0.25) is 5.02 Å². The third-order valence-corrected chi connectivity index (χ3v) is 4.06. The number of aromatic amines is 1. The number of nitrogens with one attached hydrogen (secondary N) is 1. The van der Waals surface area contributed by atoms with E-state index in [4.69, 9.17) is 22.1 Å². The van der Waals surface area contributed by atoms with Gasteiger partial charge in [0, 0.05) is 43.3 Å². The van der Waals surface area contributed by atoms with E-state index in [1.54, 1.807) is 24.3 Å². The van der Waals surface area contributed by atoms with Crippen LogP contribution < -0.4 is 11.2 Å². The summed E-state index contributed by atoms with van der Waals surface area (Å²) in [5.41, 5.74) is 7.20. The highest BCUT2D eigenvalue weighted by Gasteiger charge is 2.19. The maximum absolute atomic E-state index is 12.2. The molecule has 6 heteroatoms. The molecule has 0 bridgehead atoms. The van der Waals surface area contributed by atoms with Gasteiger partial charge in [-0.1, -0.05) is 17.7 Å². The van der Waals surface area contributed by atoms with Crippen molar-refractivity contribution in [2.24, 2.45) is 5.73 Å². The summed E-state index contributed by atoms with van der Waals surface area (Å²) in [5, 5.41) is 1.18. The minimum absolute atomic E-state index is 0.00937. The molecule has 0 spiro atoms. The number of benzene rings is 1. The number of ether oxygens (including phenoxy) is 1. The molecule has 2 heterocycles. The zero-order valence-corrected chi connectivity index (χ0v) is 12.4. The lowest BCUT2D eigenvalue weighted by Crippen LogP contribution is -2.45. The second-order valence-corrected chi connectivity index (χ2v) is 5.69. The molecule has 112 valence electrons. The number of pyridine rings is 1. The average molecular weight is 308 g/mol. The van der Waals surface area contributed by atoms with Gasteiger partial charge in [-0.05, 0) is 12.1 Å². The number of H-pyrrole nitrogens is 1. The van der Waals surface area contributed by atoms with Crippen molar-refractivity contribution in [3.63, 3.8) is 0 Å². The smallest absolute Gasteiger partial charge is 0.189 e. The molecule has 1 atom stereocenters. The monoisotopic (exact) mass is 307 g/mol. The number of aromatic nitrogens is 1. The number of fused-ring (bicyclic) bond motifs is 1. The number of rotatable bonds is 3. The van der Waals surface area contributed by atoms with Crippen molar-refractivity contribution in [1.29, 1.82) is 0 Å². The molecule has 1 fully saturated rings. The first-order valence-electron chi connectivity index (χ1n) is 7.02. The minimum atomic E-state index is -0.00937. The fourth-order valence-electron chi connectivity index (χ4n) is 2.68. The lowest BCUT2D eigenvalue weighted by Gasteiger charge is -2.32. The fourth-order valence-corrected chi connectivity index (χ4v) is 2.90. The second kappa shape index (κ2) is 6.15. The Balaban J connectivity index is 1.87. The fraction of sp³-hybridized carbons (Fsp3) is 0.400. The van der Waals surface area contributed by atoms with Gasteiger partial charge in [0.2, 0.25) is 0 Å². The third kappa shape index (κ3) is 3.11. The van der Waals surface area contributed by atoms with E-state index < -0.39 is 0 Å². The van der Waals surface area contributed by atoms with Gasteiger partial charge in [0.05, 0.1) is 23.3 Å². The van der Waals surface area contributed by atoms with Gasteiger partial charge in [0.25, 0.3) is 0 Å². The standard InChI is InChI=1S/C15H18ClN3O2/c16-13-3-1-2-12-14(20)6-10(18-15(12)13)8-19-4-5-21-11(7-17)9-19/h1-3,6,11H,4-5,7-9,17H2,(H,18,20). The summed E-state index contributed by atoms with van der Waals surface area (Å²) in [6, 6.07) is 6.99. The van der Waals surface area contributed by atoms with Gasteiger partial charge in [-0.25, -0.2) is 0 Å². The number of para-hydroxylation sites is 1. The Kier molecular flexibility index (Phi) is 4.26. The van der Waals surface area contributed by atoms with Crippen molar-refractivity contribution in [2.45, 2.75) is 12.6 Å². The van der Waals surface area contributed by atoms with E-state index in [2.05, 4.69) is 9.88 Å². The van der Waals surface area contributed by atoms with Crippen LogP contribution in [0.3, 0.4) is 0 Å². The summed E-state index contributed by atoms with van der Waals surface area (Å²) >= 11 is 6.17. The summed E-state index contributed by atoms with van der Waals surface area (Å²) in [4.78, 5) is 17.7. The molecule has 1 aliphatic rings. The van der Waals surface area contributed by atoms with Crippen LogP contribution in [0.4, 0.5) is 0 Å². The summed E-state index contributed by atoms with van der Waals surface area (Å²) in [7, 11) is 0. The van der Waals surface area contributed by atoms with E-state index in [1.165, 1.54) is 0 Å². The van der Waals surface area contributed by atoms with Gasteiger partial charge in [-0.15, -0.1) is 0 Å². The van der Waals surface area contributed by atoms with E-state index >= 15 is 0 Å². The molecule has 1 aliphatic heterocycles. The number of hydrogen-bond donors (Lipinski definition) is 2. The Bertz CT molecular complexity index is 701. The van der Waals surface area contributed by atoms with Crippen molar-refractivity contribution in [1.82, 2.24) is 9.88 Å². The highest BCUT2D eigenvalue weighted by molar-refractivity contribution is 6.35. The molecule has 1 saturated heterocycles. The van der Waals surface area contributed by atoms with Crippen molar-refractivity contribution >= 4 is 22.5 Å². The molecule has 0 aliphatic carbocycles. The van der Waals surface area contributed by atoms with E-state index in [1.807, 2.05) is 0 Å². The first kappa shape index (κ1) is 14.5. The van der Waals surface area contributed by atoms with Crippen LogP contribution in [-0.2, 0) is 11.3 Å². The maximum atomic E-state index is 12.2. The maximum Gasteiger partial charge on any atom is 0.189 e. The Labute approximate surface area is 127 Å². The van der Waals surface area contributed by atoms with Crippen molar-refractivity contribution in [2.75, 3.05) is 26.2 Å². The number of morpholine rings is 1. The Morgan fingerprint density at radius 1 is 1.48 bits per heavy atom. The average Bonchev–Trinajstić information content (AvgIpc) is 2.49. The van der Waals surface area contributed by atoms with Crippen molar-refractivity contribution in [3.8, 4) is 0 Å². The van der Waals surface area contributed by atoms with Crippen molar-refractivity contribution in [3.05, 3.63) is 45.2 Å². The highest BCUT2D eigenvalue weighted by Crippen LogP contribution is 2.19. The normalized spacial score (nSPS) is 20.0. The zero-order valence-electron chi connectivity index (χ0n) is 11.6. The first-order chi connectivity index (χ1) is 10.2. The first-order valence-corrected chi connectivity index (χ1v) is 7.39. The largest absolute Gasteiger partial charge is 0.374 e. The quantitative estimate of drug-likeness (QED) is 0.898. The van der Waals surface area contributed by atoms with Gasteiger partial charge < -0.3 is 15.5 Å². The zero-order chi connectivity index (χ0) is 14.8. The number of nitrogens with two attached hydrogens (primary N) is 1. The molecule has 0 amide bonds. The van der Waals surface area contributed by atoms with E-state index in [-0.39, 0.29) is 11.5 Å². The Morgan fingerprint density at radius 2 is 2.33 bits per heavy atom. The Morgan fingerprint density at radius 3 is 3.14 bits per heavy atom. The lowest BCUT2D eigenvalue weighted by molar-refractivity contribution is -0.0263. The molecule has 3 rings (SSSR count). The number of hydrogen-bond acceptors (Lipinski definition) is 4. The third-order valence-electron chi connectivity index (χ3n) is 3.75. The Hall–Kier alpha value is -1.40. The van der Waals surface area contributed by atoms with Crippen LogP contribution in [0.1, 0.15) is 5.69 Å². The summed E-state index contributed by atoms with van der Waals surface area (Å²) in [5.74, 6) is 0. The highest BCUT2D eigenvalue weighted by atomic mass is 35.5. The lowest BCUT2D eigenvalue weighted by atomic mass is 10.2. The molecular weight excluding hydrogens is 290 g/mol. The predicted molar refractivity (Wildman–Crippen MR) is 83.7 cm³/mol. The van der Waals surface area contributed by atoms with Crippen LogP contribution in [0.5, 0.6) is 0 Å². The van der Waals surface area contributed by atoms with Crippen LogP contribution in [0, 0.1) is 0 Å². The molecule has 0 radical (unpaired) electrons. The molecule has 2 aromatic rings. The van der Waals surface area contributed by atoms with Gasteiger partial charge in [0.1, 0.15) is 0 Å². The van der Waals surface area contributed by atoms with Crippen LogP contribution in [-0.4, -0.2) is 42.2 Å². The molecule has 1 unspecified atom stereocenters. The number of halogens is 1. The molecule has 5 nitrogen and oxygen atoms in total. The van der Waals surface area contributed by atoms with E-state index in [9.17, 15) is 4.79 Å². The van der Waals surface area contributed by atoms with Crippen molar-refractivity contribution < 1.29 is 4.74 Å². The van der Waals surface area contributed by atoms with Crippen LogP contribution in [0.15, 0.2) is 29.1 Å². The minimum Gasteiger partial charge on any atom is -0.374 e. The van der Waals surface area contributed by atoms with Gasteiger partial charge >= 0.3 is 0 Å². The van der Waals surface area contributed by atoms with Gasteiger partial charge in [-0.2, -0.15) is 0 Å². The molecule has 0 saturated carbocycles. The van der Waals surface area contributed by atoms with E-state index in [0.717, 1.165) is 18.8 Å². The van der Waals surface area contributed by atoms with Crippen LogP contribution >= 0.6 is 11.6 Å². The summed E-state index contributed by atoms with van der Waals surface area (Å²) in [6.45, 7) is 3.45. The molecule has 1 aromatic heterocycles. The summed E-state index contributed by atoms with van der Waals surface area (Å²) in [6.07, 6.45) is 0.0644. The molecule has 1 aromatic carbocycles. The number of nitrogens with zero attached hydrogens (tertiary/aromatic N) is 1. The van der Waals surface area contributed by atoms with Crippen LogP contribution in [0.25, 0.3) is 10.9 Å². The molecular formula is C15H18ClN3O2. The van der Waals surface area contributed by atoms with Gasteiger partial charge in [-0.3, -0.25) is 9.69 Å².